The normalized spacial score (nSPS) is 17.7. The molecule has 0 saturated heterocycles. The Morgan fingerprint density at radius 1 is 0.963 bits per heavy atom. The van der Waals surface area contributed by atoms with Gasteiger partial charge in [-0.1, -0.05) is 42.5 Å². The molecule has 2 atom stereocenters. The van der Waals surface area contributed by atoms with Gasteiger partial charge >= 0.3 is 5.97 Å². The number of carbonyl (C=O) groups is 3. The van der Waals surface area contributed by atoms with Gasteiger partial charge in [-0.15, -0.1) is 0 Å². The van der Waals surface area contributed by atoms with Crippen LogP contribution >= 0.6 is 0 Å². The van der Waals surface area contributed by atoms with E-state index in [4.69, 9.17) is 4.74 Å². The minimum Gasteiger partial charge on any atom is -0.462 e. The maximum Gasteiger partial charge on any atom is 0.340 e. The predicted octanol–water partition coefficient (Wildman–Crippen LogP) is 2.75. The smallest absolute Gasteiger partial charge is 0.340 e. The van der Waals surface area contributed by atoms with Crippen molar-refractivity contribution in [1.29, 1.82) is 0 Å². The number of nitrogens with one attached hydrogen (secondary N) is 2. The van der Waals surface area contributed by atoms with Crippen LogP contribution in [0.25, 0.3) is 0 Å². The van der Waals surface area contributed by atoms with Gasteiger partial charge in [0.15, 0.2) is 0 Å². The molecular formula is C21H22N2O4. The van der Waals surface area contributed by atoms with Gasteiger partial charge in [-0.3, -0.25) is 9.59 Å². The van der Waals surface area contributed by atoms with Crippen molar-refractivity contribution in [3.63, 3.8) is 0 Å². The van der Waals surface area contributed by atoms with E-state index >= 15 is 0 Å². The number of rotatable bonds is 7. The van der Waals surface area contributed by atoms with E-state index < -0.39 is 5.97 Å². The van der Waals surface area contributed by atoms with Gasteiger partial charge in [-0.2, -0.15) is 0 Å². The maximum atomic E-state index is 12.5. The number of para-hydroxylation sites is 1. The van der Waals surface area contributed by atoms with E-state index in [1.165, 1.54) is 0 Å². The molecule has 3 rings (SSSR count). The standard InChI is InChI=1S/C21H22N2O4/c1-2-27-21(26)15-10-6-7-11-18(15)23-20(25)17-12-16(17)19(24)22-13-14-8-4-3-5-9-14/h3-11,16-17H,2,12-13H2,1H3,(H,22,24)(H,23,25). The molecule has 0 heterocycles. The number of esters is 1. The predicted molar refractivity (Wildman–Crippen MR) is 101 cm³/mol. The Labute approximate surface area is 157 Å². The van der Waals surface area contributed by atoms with Gasteiger partial charge in [0.25, 0.3) is 0 Å². The molecule has 6 heteroatoms. The number of hydrogen-bond acceptors (Lipinski definition) is 4. The van der Waals surface area contributed by atoms with Gasteiger partial charge in [-0.05, 0) is 31.0 Å². The molecule has 0 aliphatic heterocycles. The molecule has 0 bridgehead atoms. The molecule has 1 aliphatic carbocycles. The Bertz CT molecular complexity index is 835. The first-order valence-electron chi connectivity index (χ1n) is 8.98. The van der Waals surface area contributed by atoms with Crippen LogP contribution in [0.4, 0.5) is 5.69 Å². The monoisotopic (exact) mass is 366 g/mol. The fraction of sp³-hybridized carbons (Fsp3) is 0.286. The Morgan fingerprint density at radius 2 is 1.63 bits per heavy atom. The lowest BCUT2D eigenvalue weighted by atomic mass is 10.1. The zero-order valence-corrected chi connectivity index (χ0v) is 15.1. The van der Waals surface area contributed by atoms with Crippen molar-refractivity contribution in [2.45, 2.75) is 19.9 Å². The third-order valence-electron chi connectivity index (χ3n) is 4.45. The fourth-order valence-corrected chi connectivity index (χ4v) is 2.90. The summed E-state index contributed by atoms with van der Waals surface area (Å²) in [5, 5.41) is 5.61. The van der Waals surface area contributed by atoms with E-state index in [0.717, 1.165) is 5.56 Å². The van der Waals surface area contributed by atoms with Gasteiger partial charge in [0, 0.05) is 6.54 Å². The zero-order chi connectivity index (χ0) is 19.2. The van der Waals surface area contributed by atoms with Crippen molar-refractivity contribution in [3.05, 3.63) is 65.7 Å². The van der Waals surface area contributed by atoms with Gasteiger partial charge in [0.2, 0.25) is 11.8 Å². The first kappa shape index (κ1) is 18.6. The second-order valence-corrected chi connectivity index (χ2v) is 6.41. The Morgan fingerprint density at radius 3 is 2.37 bits per heavy atom. The summed E-state index contributed by atoms with van der Waals surface area (Å²) in [6, 6.07) is 16.3. The summed E-state index contributed by atoms with van der Waals surface area (Å²) in [6.07, 6.45) is 0.508. The quantitative estimate of drug-likeness (QED) is 0.738. The van der Waals surface area contributed by atoms with Crippen molar-refractivity contribution in [2.24, 2.45) is 11.8 Å². The summed E-state index contributed by atoms with van der Waals surface area (Å²) in [5.41, 5.74) is 1.71. The first-order chi connectivity index (χ1) is 13.1. The SMILES string of the molecule is CCOC(=O)c1ccccc1NC(=O)C1CC1C(=O)NCc1ccccc1. The minimum absolute atomic E-state index is 0.127. The Balaban J connectivity index is 1.54. The molecule has 2 N–H and O–H groups in total. The maximum absolute atomic E-state index is 12.5. The molecule has 0 spiro atoms. The van der Waals surface area contributed by atoms with Crippen LogP contribution in [0.3, 0.4) is 0 Å². The number of carbonyl (C=O) groups excluding carboxylic acids is 3. The summed E-state index contributed by atoms with van der Waals surface area (Å²) in [5.74, 6) is -1.58. The van der Waals surface area contributed by atoms with E-state index in [1.54, 1.807) is 31.2 Å². The van der Waals surface area contributed by atoms with E-state index in [2.05, 4.69) is 10.6 Å². The summed E-state index contributed by atoms with van der Waals surface area (Å²) in [6.45, 7) is 2.42. The first-order valence-corrected chi connectivity index (χ1v) is 8.98. The lowest BCUT2D eigenvalue weighted by Crippen LogP contribution is -2.27. The van der Waals surface area contributed by atoms with Crippen LogP contribution < -0.4 is 10.6 Å². The number of amides is 2. The van der Waals surface area contributed by atoms with E-state index in [9.17, 15) is 14.4 Å². The number of benzene rings is 2. The molecule has 2 unspecified atom stereocenters. The number of ether oxygens (including phenoxy) is 1. The molecular weight excluding hydrogens is 344 g/mol. The van der Waals surface area contributed by atoms with Crippen LogP contribution in [0, 0.1) is 11.8 Å². The molecule has 0 aromatic heterocycles. The molecule has 1 fully saturated rings. The fourth-order valence-electron chi connectivity index (χ4n) is 2.90. The molecule has 1 aliphatic rings. The highest BCUT2D eigenvalue weighted by atomic mass is 16.5. The van der Waals surface area contributed by atoms with E-state index in [0.29, 0.717) is 24.2 Å². The molecule has 27 heavy (non-hydrogen) atoms. The van der Waals surface area contributed by atoms with Crippen LogP contribution in [0.2, 0.25) is 0 Å². The summed E-state index contributed by atoms with van der Waals surface area (Å²) in [7, 11) is 0. The highest BCUT2D eigenvalue weighted by Gasteiger charge is 2.48. The molecule has 0 radical (unpaired) electrons. The second kappa shape index (κ2) is 8.49. The van der Waals surface area contributed by atoms with Gasteiger partial charge in [0.1, 0.15) is 0 Å². The van der Waals surface area contributed by atoms with E-state index in [1.807, 2.05) is 30.3 Å². The largest absolute Gasteiger partial charge is 0.462 e. The molecule has 6 nitrogen and oxygen atoms in total. The lowest BCUT2D eigenvalue weighted by Gasteiger charge is -2.10. The van der Waals surface area contributed by atoms with Crippen LogP contribution in [0.5, 0.6) is 0 Å². The highest BCUT2D eigenvalue weighted by molar-refractivity contribution is 6.04. The van der Waals surface area contributed by atoms with Crippen LogP contribution in [-0.2, 0) is 20.9 Å². The average Bonchev–Trinajstić information content (AvgIpc) is 3.49. The lowest BCUT2D eigenvalue weighted by molar-refractivity contribution is -0.125. The topological polar surface area (TPSA) is 84.5 Å². The van der Waals surface area contributed by atoms with Crippen molar-refractivity contribution < 1.29 is 19.1 Å². The van der Waals surface area contributed by atoms with Crippen molar-refractivity contribution >= 4 is 23.5 Å². The minimum atomic E-state index is -0.485. The van der Waals surface area contributed by atoms with E-state index in [-0.39, 0.29) is 30.3 Å². The molecule has 2 amide bonds. The Kier molecular flexibility index (Phi) is 5.86. The van der Waals surface area contributed by atoms with Crippen LogP contribution in [0.15, 0.2) is 54.6 Å². The third kappa shape index (κ3) is 4.73. The summed E-state index contributed by atoms with van der Waals surface area (Å²) in [4.78, 5) is 36.7. The summed E-state index contributed by atoms with van der Waals surface area (Å²) >= 11 is 0. The van der Waals surface area contributed by atoms with Gasteiger partial charge in [-0.25, -0.2) is 4.79 Å². The van der Waals surface area contributed by atoms with Gasteiger partial charge < -0.3 is 15.4 Å². The molecule has 2 aromatic rings. The Hall–Kier alpha value is -3.15. The molecule has 1 saturated carbocycles. The van der Waals surface area contributed by atoms with Crippen molar-refractivity contribution in [3.8, 4) is 0 Å². The van der Waals surface area contributed by atoms with Crippen LogP contribution in [-0.4, -0.2) is 24.4 Å². The zero-order valence-electron chi connectivity index (χ0n) is 15.1. The van der Waals surface area contributed by atoms with Gasteiger partial charge in [0.05, 0.1) is 29.7 Å². The third-order valence-corrected chi connectivity index (χ3v) is 4.45. The number of anilines is 1. The summed E-state index contributed by atoms with van der Waals surface area (Å²) < 4.78 is 5.01. The highest BCUT2D eigenvalue weighted by Crippen LogP contribution is 2.39. The van der Waals surface area contributed by atoms with Crippen LogP contribution in [0.1, 0.15) is 29.3 Å². The number of hydrogen-bond donors (Lipinski definition) is 2. The molecule has 140 valence electrons. The van der Waals surface area contributed by atoms with Crippen molar-refractivity contribution in [2.75, 3.05) is 11.9 Å². The van der Waals surface area contributed by atoms with Crippen molar-refractivity contribution in [1.82, 2.24) is 5.32 Å². The second-order valence-electron chi connectivity index (χ2n) is 6.41. The molecule has 2 aromatic carbocycles. The average molecular weight is 366 g/mol.